The second-order valence-corrected chi connectivity index (χ2v) is 7.28. The van der Waals surface area contributed by atoms with Crippen LogP contribution in [0.4, 0.5) is 5.69 Å². The first-order chi connectivity index (χ1) is 9.39. The third-order valence-corrected chi connectivity index (χ3v) is 5.98. The number of likely N-dealkylation sites (N-methyl/N-ethyl adjacent to an activating group) is 1. The van der Waals surface area contributed by atoms with Gasteiger partial charge in [-0.05, 0) is 43.9 Å². The van der Waals surface area contributed by atoms with Gasteiger partial charge in [0.05, 0.1) is 11.5 Å². The highest BCUT2D eigenvalue weighted by atomic mass is 32.2. The predicted octanol–water partition coefficient (Wildman–Crippen LogP) is 1.35. The Hall–Kier alpha value is -1.11. The van der Waals surface area contributed by atoms with Crippen LogP contribution in [0.1, 0.15) is 24.5 Å². The number of aryl methyl sites for hydroxylation is 1. The van der Waals surface area contributed by atoms with Crippen LogP contribution in [-0.4, -0.2) is 44.1 Å². The molecule has 5 nitrogen and oxygen atoms in total. The molecule has 0 spiro atoms. The van der Waals surface area contributed by atoms with Crippen molar-refractivity contribution in [2.45, 2.75) is 37.6 Å². The van der Waals surface area contributed by atoms with Crippen molar-refractivity contribution in [1.29, 1.82) is 0 Å². The van der Waals surface area contributed by atoms with Gasteiger partial charge in [0.25, 0.3) is 0 Å². The monoisotopic (exact) mass is 298 g/mol. The van der Waals surface area contributed by atoms with E-state index in [-0.39, 0.29) is 6.61 Å². The minimum absolute atomic E-state index is 0.192. The summed E-state index contributed by atoms with van der Waals surface area (Å²) in [5, 5.41) is 12.5. The summed E-state index contributed by atoms with van der Waals surface area (Å²) in [6.07, 6.45) is 1.69. The lowest BCUT2D eigenvalue weighted by Crippen LogP contribution is -2.38. The second kappa shape index (κ2) is 5.71. The molecule has 0 saturated heterocycles. The van der Waals surface area contributed by atoms with E-state index in [1.54, 1.807) is 13.0 Å². The van der Waals surface area contributed by atoms with Crippen LogP contribution in [0, 0.1) is 6.92 Å². The Morgan fingerprint density at radius 2 is 2.15 bits per heavy atom. The maximum Gasteiger partial charge on any atom is 0.243 e. The summed E-state index contributed by atoms with van der Waals surface area (Å²) in [6, 6.07) is 3.08. The molecule has 0 fully saturated rings. The van der Waals surface area contributed by atoms with Gasteiger partial charge in [0.1, 0.15) is 0 Å². The first kappa shape index (κ1) is 15.3. The fourth-order valence-electron chi connectivity index (χ4n) is 2.47. The maximum absolute atomic E-state index is 12.7. The zero-order valence-corrected chi connectivity index (χ0v) is 13.0. The summed E-state index contributed by atoms with van der Waals surface area (Å²) in [7, 11) is -2.06. The summed E-state index contributed by atoms with van der Waals surface area (Å²) < 4.78 is 26.6. The number of fused-ring (bicyclic) bond motifs is 1. The van der Waals surface area contributed by atoms with E-state index in [0.29, 0.717) is 4.90 Å². The van der Waals surface area contributed by atoms with Gasteiger partial charge in [0.15, 0.2) is 0 Å². The molecular weight excluding hydrogens is 276 g/mol. The molecule has 0 bridgehead atoms. The molecule has 1 atom stereocenters. The number of nitrogens with one attached hydrogen (secondary N) is 1. The van der Waals surface area contributed by atoms with Crippen LogP contribution >= 0.6 is 0 Å². The summed E-state index contributed by atoms with van der Waals surface area (Å²) in [4.78, 5) is 0.355. The smallest absolute Gasteiger partial charge is 0.243 e. The molecule has 112 valence electrons. The molecule has 20 heavy (non-hydrogen) atoms. The minimum atomic E-state index is -3.58. The van der Waals surface area contributed by atoms with E-state index < -0.39 is 16.1 Å². The number of nitrogens with zero attached hydrogens (tertiary/aromatic N) is 1. The highest BCUT2D eigenvalue weighted by Crippen LogP contribution is 2.33. The third kappa shape index (κ3) is 2.55. The van der Waals surface area contributed by atoms with Crippen LogP contribution in [0.5, 0.6) is 0 Å². The maximum atomic E-state index is 12.7. The Morgan fingerprint density at radius 1 is 1.45 bits per heavy atom. The Kier molecular flexibility index (Phi) is 4.36. The zero-order chi connectivity index (χ0) is 14.9. The first-order valence-electron chi connectivity index (χ1n) is 6.85. The SMILES string of the molecule is Cc1ccc(S(=O)(=O)N(C)C(C)CO)c2c1NCCC2. The van der Waals surface area contributed by atoms with Crippen molar-refractivity contribution in [3.05, 3.63) is 23.3 Å². The number of sulfonamides is 1. The van der Waals surface area contributed by atoms with Crippen molar-refractivity contribution in [1.82, 2.24) is 4.31 Å². The molecule has 2 N–H and O–H groups in total. The average Bonchev–Trinajstić information content (AvgIpc) is 2.46. The Bertz CT molecular complexity index is 599. The Balaban J connectivity index is 2.53. The third-order valence-electron chi connectivity index (χ3n) is 3.93. The van der Waals surface area contributed by atoms with Gasteiger partial charge in [0, 0.05) is 25.3 Å². The molecule has 6 heteroatoms. The minimum Gasteiger partial charge on any atom is -0.395 e. The quantitative estimate of drug-likeness (QED) is 0.880. The summed E-state index contributed by atoms with van der Waals surface area (Å²) in [5.74, 6) is 0. The van der Waals surface area contributed by atoms with Crippen LogP contribution in [0.2, 0.25) is 0 Å². The molecule has 1 unspecified atom stereocenters. The highest BCUT2D eigenvalue weighted by molar-refractivity contribution is 7.89. The highest BCUT2D eigenvalue weighted by Gasteiger charge is 2.29. The lowest BCUT2D eigenvalue weighted by atomic mass is 10.00. The van der Waals surface area contributed by atoms with Crippen molar-refractivity contribution in [3.63, 3.8) is 0 Å². The van der Waals surface area contributed by atoms with E-state index in [9.17, 15) is 13.5 Å². The number of aliphatic hydroxyl groups excluding tert-OH is 1. The van der Waals surface area contributed by atoms with Crippen LogP contribution in [0.15, 0.2) is 17.0 Å². The van der Waals surface area contributed by atoms with Crippen molar-refractivity contribution >= 4 is 15.7 Å². The van der Waals surface area contributed by atoms with E-state index in [1.807, 2.05) is 13.0 Å². The second-order valence-electron chi connectivity index (χ2n) is 5.32. The van der Waals surface area contributed by atoms with Crippen LogP contribution in [0.3, 0.4) is 0 Å². The molecule has 2 rings (SSSR count). The van der Waals surface area contributed by atoms with Gasteiger partial charge in [-0.3, -0.25) is 0 Å². The van der Waals surface area contributed by atoms with Crippen molar-refractivity contribution in [2.75, 3.05) is 25.5 Å². The molecule has 0 radical (unpaired) electrons. The molecule has 1 aliphatic heterocycles. The largest absolute Gasteiger partial charge is 0.395 e. The topological polar surface area (TPSA) is 69.6 Å². The fourth-order valence-corrected chi connectivity index (χ4v) is 4.07. The van der Waals surface area contributed by atoms with E-state index in [4.69, 9.17) is 0 Å². The summed E-state index contributed by atoms with van der Waals surface area (Å²) in [6.45, 7) is 4.35. The van der Waals surface area contributed by atoms with E-state index in [0.717, 1.165) is 36.2 Å². The van der Waals surface area contributed by atoms with Gasteiger partial charge in [-0.25, -0.2) is 8.42 Å². The molecular formula is C14H22N2O3S. The summed E-state index contributed by atoms with van der Waals surface area (Å²) in [5.41, 5.74) is 2.88. The number of hydrogen-bond donors (Lipinski definition) is 2. The molecule has 1 heterocycles. The fraction of sp³-hybridized carbons (Fsp3) is 0.571. The molecule has 1 aromatic rings. The molecule has 0 aromatic heterocycles. The van der Waals surface area contributed by atoms with Gasteiger partial charge in [-0.15, -0.1) is 0 Å². The van der Waals surface area contributed by atoms with Crippen LogP contribution in [0.25, 0.3) is 0 Å². The number of anilines is 1. The number of hydrogen-bond acceptors (Lipinski definition) is 4. The molecule has 1 aromatic carbocycles. The van der Waals surface area contributed by atoms with Crippen molar-refractivity contribution < 1.29 is 13.5 Å². The van der Waals surface area contributed by atoms with Crippen molar-refractivity contribution in [3.8, 4) is 0 Å². The number of aliphatic hydroxyl groups is 1. The van der Waals surface area contributed by atoms with Gasteiger partial charge < -0.3 is 10.4 Å². The van der Waals surface area contributed by atoms with Crippen LogP contribution in [-0.2, 0) is 16.4 Å². The van der Waals surface area contributed by atoms with E-state index in [2.05, 4.69) is 5.32 Å². The lowest BCUT2D eigenvalue weighted by molar-refractivity contribution is 0.213. The normalized spacial score (nSPS) is 16.6. The average molecular weight is 298 g/mol. The standard InChI is InChI=1S/C14H22N2O3S/c1-10-6-7-13(12-5-4-8-15-14(10)12)20(18,19)16(3)11(2)9-17/h6-7,11,15,17H,4-5,8-9H2,1-3H3. The van der Waals surface area contributed by atoms with E-state index in [1.165, 1.54) is 11.4 Å². The number of benzene rings is 1. The van der Waals surface area contributed by atoms with E-state index >= 15 is 0 Å². The predicted molar refractivity (Wildman–Crippen MR) is 79.5 cm³/mol. The van der Waals surface area contributed by atoms with Crippen LogP contribution < -0.4 is 5.32 Å². The van der Waals surface area contributed by atoms with Gasteiger partial charge in [-0.1, -0.05) is 6.07 Å². The van der Waals surface area contributed by atoms with Crippen molar-refractivity contribution in [2.24, 2.45) is 0 Å². The van der Waals surface area contributed by atoms with Gasteiger partial charge in [0.2, 0.25) is 10.0 Å². The zero-order valence-electron chi connectivity index (χ0n) is 12.2. The Morgan fingerprint density at radius 3 is 2.80 bits per heavy atom. The molecule has 0 aliphatic carbocycles. The number of rotatable bonds is 4. The molecule has 0 saturated carbocycles. The van der Waals surface area contributed by atoms with Gasteiger partial charge in [-0.2, -0.15) is 4.31 Å². The Labute approximate surface area is 120 Å². The van der Waals surface area contributed by atoms with Gasteiger partial charge >= 0.3 is 0 Å². The molecule has 1 aliphatic rings. The molecule has 0 amide bonds. The first-order valence-corrected chi connectivity index (χ1v) is 8.29. The summed E-state index contributed by atoms with van der Waals surface area (Å²) >= 11 is 0. The lowest BCUT2D eigenvalue weighted by Gasteiger charge is -2.27.